The monoisotopic (exact) mass is 1110 g/mol. The first-order chi connectivity index (χ1) is 38.7. The first kappa shape index (κ1) is 73.9. The van der Waals surface area contributed by atoms with Gasteiger partial charge in [0.1, 0.15) is 24.4 Å². The Labute approximate surface area is 483 Å². The van der Waals surface area contributed by atoms with Crippen molar-refractivity contribution in [3.05, 3.63) is 85.1 Å². The number of hydrogen-bond acceptors (Lipinski definition) is 10. The molecule has 79 heavy (non-hydrogen) atoms. The highest BCUT2D eigenvalue weighted by Crippen LogP contribution is 2.26. The van der Waals surface area contributed by atoms with Crippen LogP contribution in [0.25, 0.3) is 0 Å². The average Bonchev–Trinajstić information content (AvgIpc) is 3.49. The molecular weight excluding hydrogens is 991 g/mol. The van der Waals surface area contributed by atoms with E-state index in [1.807, 2.05) is 6.08 Å². The molecule has 0 saturated carbocycles. The predicted octanol–water partition coefficient (Wildman–Crippen LogP) is 15.7. The molecule has 0 aliphatic carbocycles. The van der Waals surface area contributed by atoms with Gasteiger partial charge in [0.05, 0.1) is 25.4 Å². The van der Waals surface area contributed by atoms with E-state index in [1.54, 1.807) is 6.08 Å². The Morgan fingerprint density at radius 1 is 0.506 bits per heavy atom. The van der Waals surface area contributed by atoms with Crippen LogP contribution in [-0.2, 0) is 23.8 Å². The molecule has 1 rings (SSSR count). The summed E-state index contributed by atoms with van der Waals surface area (Å²) in [5.41, 5.74) is 0. The lowest BCUT2D eigenvalue weighted by atomic mass is 9.99. The minimum Gasteiger partial charge on any atom is -0.454 e. The van der Waals surface area contributed by atoms with Crippen molar-refractivity contribution in [1.29, 1.82) is 0 Å². The molecule has 1 aliphatic rings. The molecule has 1 amide bonds. The molecule has 0 bridgehead atoms. The van der Waals surface area contributed by atoms with Crippen molar-refractivity contribution in [1.82, 2.24) is 5.32 Å². The SMILES string of the molecule is CC/C=C/C/C=C/C/C=C/CCCCCCC(=O)OC1C(OCC(NC(=O)C(O)CCCCCCCCCCCCC/C=C\C/C=C\C/C=C\CCCCC)C(O)/C=C/CCCCCCCCCCCC)OC(CO)C(O)C1O. The van der Waals surface area contributed by atoms with Gasteiger partial charge in [0.15, 0.2) is 12.4 Å². The summed E-state index contributed by atoms with van der Waals surface area (Å²) in [6, 6.07) is -1.03. The topological polar surface area (TPSA) is 175 Å². The zero-order chi connectivity index (χ0) is 57.5. The van der Waals surface area contributed by atoms with Crippen molar-refractivity contribution in [3.8, 4) is 0 Å². The van der Waals surface area contributed by atoms with Gasteiger partial charge in [-0.1, -0.05) is 254 Å². The Morgan fingerprint density at radius 2 is 0.911 bits per heavy atom. The lowest BCUT2D eigenvalue weighted by Crippen LogP contribution is -2.61. The van der Waals surface area contributed by atoms with Gasteiger partial charge in [0.25, 0.3) is 0 Å². The average molecular weight is 1110 g/mol. The van der Waals surface area contributed by atoms with E-state index < -0.39 is 67.4 Å². The molecule has 1 aliphatic heterocycles. The largest absolute Gasteiger partial charge is 0.454 e. The van der Waals surface area contributed by atoms with E-state index in [0.717, 1.165) is 103 Å². The van der Waals surface area contributed by atoms with E-state index in [2.05, 4.69) is 99.0 Å². The van der Waals surface area contributed by atoms with Crippen molar-refractivity contribution in [2.75, 3.05) is 13.2 Å². The minimum atomic E-state index is -1.63. The molecule has 0 spiro atoms. The standard InChI is InChI=1S/C68H119NO10/c1-4-7-10-13-16-19-22-25-27-28-29-30-31-32-33-34-35-36-37-40-43-46-49-52-55-61(72)67(76)69-59(60(71)54-51-48-45-42-39-24-21-18-15-12-9-6-3)58-77-68-66(65(75)64(74)62(57-70)78-68)79-63(73)56-53-50-47-44-41-38-26-23-20-17-14-11-8-5-2/h8,11,16-17,19-20,25-27,29-30,38,51,54,59-62,64-66,68,70-72,74-75H,4-7,9-10,12-15,18,21-24,28,31-37,39-50,52-53,55-58H2,1-3H3,(H,69,76)/b11-8+,19-16-,20-17+,27-25-,30-29-,38-26+,54-51+. The lowest BCUT2D eigenvalue weighted by Gasteiger charge is -2.41. The number of nitrogens with one attached hydrogen (secondary N) is 1. The molecule has 0 aromatic heterocycles. The number of esters is 1. The molecule has 11 heteroatoms. The zero-order valence-electron chi connectivity index (χ0n) is 50.5. The van der Waals surface area contributed by atoms with Crippen LogP contribution in [-0.4, -0.2) is 99.6 Å². The number of ether oxygens (including phenoxy) is 3. The maximum atomic E-state index is 13.4. The Balaban J connectivity index is 2.63. The van der Waals surface area contributed by atoms with Crippen LogP contribution in [0.1, 0.15) is 271 Å². The number of aliphatic hydroxyl groups is 5. The number of carbonyl (C=O) groups is 2. The smallest absolute Gasteiger partial charge is 0.306 e. The van der Waals surface area contributed by atoms with Crippen molar-refractivity contribution in [2.45, 2.75) is 320 Å². The van der Waals surface area contributed by atoms with E-state index >= 15 is 0 Å². The summed E-state index contributed by atoms with van der Waals surface area (Å²) in [6.07, 6.45) is 62.0. The zero-order valence-corrected chi connectivity index (χ0v) is 50.5. The summed E-state index contributed by atoms with van der Waals surface area (Å²) in [5, 5.41) is 57.0. The molecule has 0 aromatic rings. The van der Waals surface area contributed by atoms with Crippen LogP contribution >= 0.6 is 0 Å². The Morgan fingerprint density at radius 3 is 1.39 bits per heavy atom. The summed E-state index contributed by atoms with van der Waals surface area (Å²) in [5.74, 6) is -1.22. The third kappa shape index (κ3) is 43.2. The fourth-order valence-electron chi connectivity index (χ4n) is 9.67. The quantitative estimate of drug-likeness (QED) is 0.0195. The second-order valence-corrected chi connectivity index (χ2v) is 22.1. The number of carbonyl (C=O) groups excluding carboxylic acids is 2. The predicted molar refractivity (Wildman–Crippen MR) is 329 cm³/mol. The summed E-state index contributed by atoms with van der Waals surface area (Å²) in [6.45, 7) is 5.64. The van der Waals surface area contributed by atoms with Gasteiger partial charge in [-0.15, -0.1) is 0 Å². The van der Waals surface area contributed by atoms with Gasteiger partial charge < -0.3 is 45.1 Å². The molecule has 456 valence electrons. The van der Waals surface area contributed by atoms with Crippen LogP contribution in [0.4, 0.5) is 0 Å². The minimum absolute atomic E-state index is 0.0948. The highest BCUT2D eigenvalue weighted by molar-refractivity contribution is 5.80. The van der Waals surface area contributed by atoms with Gasteiger partial charge in [-0.25, -0.2) is 0 Å². The first-order valence-electron chi connectivity index (χ1n) is 32.4. The Hall–Kier alpha value is -3.16. The van der Waals surface area contributed by atoms with E-state index in [1.165, 1.54) is 122 Å². The molecule has 6 N–H and O–H groups in total. The van der Waals surface area contributed by atoms with Gasteiger partial charge in [-0.05, 0) is 96.3 Å². The van der Waals surface area contributed by atoms with Gasteiger partial charge in [0.2, 0.25) is 5.91 Å². The van der Waals surface area contributed by atoms with E-state index in [0.29, 0.717) is 12.8 Å². The van der Waals surface area contributed by atoms with Crippen LogP contribution < -0.4 is 5.32 Å². The van der Waals surface area contributed by atoms with Gasteiger partial charge in [-0.2, -0.15) is 0 Å². The van der Waals surface area contributed by atoms with Crippen LogP contribution in [0.15, 0.2) is 85.1 Å². The molecule has 1 heterocycles. The Bertz CT molecular complexity index is 1610. The summed E-state index contributed by atoms with van der Waals surface area (Å²) >= 11 is 0. The highest BCUT2D eigenvalue weighted by Gasteiger charge is 2.47. The van der Waals surface area contributed by atoms with Crippen LogP contribution in [0.2, 0.25) is 0 Å². The number of rotatable bonds is 54. The highest BCUT2D eigenvalue weighted by atomic mass is 16.7. The van der Waals surface area contributed by atoms with Crippen molar-refractivity contribution < 1.29 is 49.3 Å². The van der Waals surface area contributed by atoms with E-state index in [4.69, 9.17) is 14.2 Å². The van der Waals surface area contributed by atoms with Crippen LogP contribution in [0, 0.1) is 0 Å². The lowest BCUT2D eigenvalue weighted by molar-refractivity contribution is -0.305. The molecule has 11 nitrogen and oxygen atoms in total. The van der Waals surface area contributed by atoms with Crippen molar-refractivity contribution in [2.24, 2.45) is 0 Å². The van der Waals surface area contributed by atoms with Gasteiger partial charge in [-0.3, -0.25) is 9.59 Å². The molecule has 0 aromatic carbocycles. The third-order valence-electron chi connectivity index (χ3n) is 14.8. The van der Waals surface area contributed by atoms with Crippen molar-refractivity contribution >= 4 is 11.9 Å². The number of allylic oxidation sites excluding steroid dienone is 13. The maximum absolute atomic E-state index is 13.4. The van der Waals surface area contributed by atoms with Crippen LogP contribution in [0.5, 0.6) is 0 Å². The second-order valence-electron chi connectivity index (χ2n) is 22.1. The van der Waals surface area contributed by atoms with Gasteiger partial charge >= 0.3 is 5.97 Å². The van der Waals surface area contributed by atoms with E-state index in [9.17, 15) is 35.1 Å². The van der Waals surface area contributed by atoms with Gasteiger partial charge in [0, 0.05) is 6.42 Å². The molecule has 8 atom stereocenters. The maximum Gasteiger partial charge on any atom is 0.306 e. The Kier molecular flexibility index (Phi) is 51.8. The fraction of sp³-hybridized carbons (Fsp3) is 0.765. The number of amides is 1. The normalized spacial score (nSPS) is 19.4. The number of hydrogen-bond donors (Lipinski definition) is 6. The number of aliphatic hydroxyl groups excluding tert-OH is 5. The van der Waals surface area contributed by atoms with E-state index in [-0.39, 0.29) is 19.4 Å². The second kappa shape index (κ2) is 55.4. The summed E-state index contributed by atoms with van der Waals surface area (Å²) in [7, 11) is 0. The first-order valence-corrected chi connectivity index (χ1v) is 32.4. The summed E-state index contributed by atoms with van der Waals surface area (Å²) in [4.78, 5) is 26.5. The fourth-order valence-corrected chi connectivity index (χ4v) is 9.67. The summed E-state index contributed by atoms with van der Waals surface area (Å²) < 4.78 is 17.6. The third-order valence-corrected chi connectivity index (χ3v) is 14.8. The van der Waals surface area contributed by atoms with Crippen molar-refractivity contribution in [3.63, 3.8) is 0 Å². The molecule has 1 fully saturated rings. The molecule has 0 radical (unpaired) electrons. The molecule has 1 saturated heterocycles. The molecular formula is C68H119NO10. The molecule has 8 unspecified atom stereocenters. The number of unbranched alkanes of at least 4 members (excludes halogenated alkanes) is 28. The van der Waals surface area contributed by atoms with Crippen LogP contribution in [0.3, 0.4) is 0 Å².